The zero-order valence-corrected chi connectivity index (χ0v) is 26.0. The highest BCUT2D eigenvalue weighted by Gasteiger charge is 2.33. The number of thioether (sulfide) groups is 1. The predicted octanol–water partition coefficient (Wildman–Crippen LogP) is 6.08. The number of benzene rings is 3. The van der Waals surface area contributed by atoms with Crippen molar-refractivity contribution in [3.63, 3.8) is 0 Å². The zero-order valence-electron chi connectivity index (χ0n) is 24.4. The van der Waals surface area contributed by atoms with E-state index in [0.717, 1.165) is 33.5 Å². The fourth-order valence-electron chi connectivity index (χ4n) is 4.93. The van der Waals surface area contributed by atoms with Gasteiger partial charge in [0, 0.05) is 29.8 Å². The molecule has 14 heteroatoms. The number of amides is 2. The molecule has 0 spiro atoms. The fraction of sp³-hybridized carbons (Fsp3) is 0.156. The van der Waals surface area contributed by atoms with Gasteiger partial charge in [-0.25, -0.2) is 9.40 Å². The van der Waals surface area contributed by atoms with E-state index in [9.17, 15) is 24.1 Å². The number of non-ortho nitro benzene ring substituents is 1. The lowest BCUT2D eigenvalue weighted by molar-refractivity contribution is -0.384. The summed E-state index contributed by atoms with van der Waals surface area (Å²) >= 11 is 2.73. The van der Waals surface area contributed by atoms with Crippen LogP contribution in [0.5, 0.6) is 0 Å². The first-order valence-electron chi connectivity index (χ1n) is 14.1. The quantitative estimate of drug-likeness (QED) is 0.109. The van der Waals surface area contributed by atoms with Crippen molar-refractivity contribution in [3.8, 4) is 5.69 Å². The van der Waals surface area contributed by atoms with E-state index in [0.29, 0.717) is 23.1 Å². The predicted molar refractivity (Wildman–Crippen MR) is 173 cm³/mol. The normalized spacial score (nSPS) is 14.3. The molecule has 0 saturated heterocycles. The minimum atomic E-state index is -0.543. The largest absolute Gasteiger partial charge is 0.345 e. The van der Waals surface area contributed by atoms with Crippen molar-refractivity contribution in [2.24, 2.45) is 5.10 Å². The number of thiophene rings is 1. The Balaban J connectivity index is 1.22. The number of aromatic nitrogens is 3. The molecule has 2 amide bonds. The Morgan fingerprint density at radius 3 is 2.46 bits per heavy atom. The fourth-order valence-corrected chi connectivity index (χ4v) is 6.47. The molecule has 1 N–H and O–H groups in total. The Labute approximate surface area is 270 Å². The van der Waals surface area contributed by atoms with E-state index in [1.807, 2.05) is 48.7 Å². The molecular formula is C32H26FN7O4S2. The smallest absolute Gasteiger partial charge is 0.269 e. The number of nitrogens with zero attached hydrogens (tertiary/aromatic N) is 6. The van der Waals surface area contributed by atoms with E-state index in [-0.39, 0.29) is 35.5 Å². The van der Waals surface area contributed by atoms with Crippen molar-refractivity contribution in [3.05, 3.63) is 134 Å². The Bertz CT molecular complexity index is 1910. The summed E-state index contributed by atoms with van der Waals surface area (Å²) in [5.41, 5.74) is 3.59. The van der Waals surface area contributed by atoms with Gasteiger partial charge in [0.1, 0.15) is 5.82 Å². The van der Waals surface area contributed by atoms with Crippen LogP contribution in [0, 0.1) is 22.9 Å². The first-order chi connectivity index (χ1) is 22.3. The van der Waals surface area contributed by atoms with Crippen LogP contribution in [0.2, 0.25) is 0 Å². The summed E-state index contributed by atoms with van der Waals surface area (Å²) in [6.45, 7) is 1.96. The monoisotopic (exact) mass is 655 g/mol. The van der Waals surface area contributed by atoms with Gasteiger partial charge in [0.25, 0.3) is 17.5 Å². The van der Waals surface area contributed by atoms with Crippen LogP contribution in [-0.2, 0) is 11.3 Å². The molecule has 2 aromatic heterocycles. The minimum absolute atomic E-state index is 0.00192. The molecule has 232 valence electrons. The lowest BCUT2D eigenvalue weighted by atomic mass is 10.00. The van der Waals surface area contributed by atoms with Crippen molar-refractivity contribution in [1.82, 2.24) is 25.1 Å². The Morgan fingerprint density at radius 2 is 1.78 bits per heavy atom. The molecule has 3 aromatic carbocycles. The number of hydrogen-bond donors (Lipinski definition) is 1. The molecule has 11 nitrogen and oxygen atoms in total. The van der Waals surface area contributed by atoms with Crippen LogP contribution in [0.1, 0.15) is 44.6 Å². The standard InChI is InChI=1S/C32H26FN7O4S2/c1-20-4-6-21(7-5-20)27-17-26(28-3-2-16-45-28)37-39(27)30(41)19-46-32-36-35-29(38(32)24-14-10-23(33)11-15-24)18-34-31(42)22-8-12-25(13-9-22)40(43)44/h2-16,27H,17-19H2,1H3,(H,34,42)/t27-/m1/s1. The van der Waals surface area contributed by atoms with Gasteiger partial charge in [-0.1, -0.05) is 47.7 Å². The zero-order chi connectivity index (χ0) is 32.2. The number of halogens is 1. The summed E-state index contributed by atoms with van der Waals surface area (Å²) in [6, 6.07) is 22.7. The number of aryl methyl sites for hydroxylation is 1. The number of hydrazone groups is 1. The second-order valence-corrected chi connectivity index (χ2v) is 12.3. The second kappa shape index (κ2) is 13.4. The maximum atomic E-state index is 13.8. The molecular weight excluding hydrogens is 630 g/mol. The Hall–Kier alpha value is -5.21. The van der Waals surface area contributed by atoms with Crippen LogP contribution >= 0.6 is 23.1 Å². The molecule has 1 aliphatic rings. The second-order valence-electron chi connectivity index (χ2n) is 10.4. The van der Waals surface area contributed by atoms with Gasteiger partial charge in [0.15, 0.2) is 11.0 Å². The first kappa shape index (κ1) is 30.8. The molecule has 0 bridgehead atoms. The SMILES string of the molecule is Cc1ccc([C@H]2CC(c3cccs3)=NN2C(=O)CSc2nnc(CNC(=O)c3ccc([N+](=O)[O-])cc3)n2-c2ccc(F)cc2)cc1. The maximum Gasteiger partial charge on any atom is 0.269 e. The average Bonchev–Trinajstić information content (AvgIpc) is 3.84. The molecule has 3 heterocycles. The summed E-state index contributed by atoms with van der Waals surface area (Å²) in [5, 5.41) is 30.9. The van der Waals surface area contributed by atoms with E-state index in [4.69, 9.17) is 5.10 Å². The van der Waals surface area contributed by atoms with Crippen LogP contribution < -0.4 is 5.32 Å². The van der Waals surface area contributed by atoms with E-state index in [2.05, 4.69) is 15.5 Å². The molecule has 0 radical (unpaired) electrons. The van der Waals surface area contributed by atoms with Crippen molar-refractivity contribution >= 4 is 46.3 Å². The third-order valence-electron chi connectivity index (χ3n) is 7.29. The van der Waals surface area contributed by atoms with Crippen molar-refractivity contribution < 1.29 is 18.9 Å². The summed E-state index contributed by atoms with van der Waals surface area (Å²) in [7, 11) is 0. The van der Waals surface area contributed by atoms with Crippen LogP contribution in [0.3, 0.4) is 0 Å². The average molecular weight is 656 g/mol. The maximum absolute atomic E-state index is 13.8. The van der Waals surface area contributed by atoms with Crippen molar-refractivity contribution in [2.75, 3.05) is 5.75 Å². The van der Waals surface area contributed by atoms with Crippen LogP contribution in [0.25, 0.3) is 5.69 Å². The van der Waals surface area contributed by atoms with Crippen LogP contribution in [-0.4, -0.2) is 48.0 Å². The van der Waals surface area contributed by atoms with Gasteiger partial charge in [-0.2, -0.15) is 5.10 Å². The molecule has 1 aliphatic heterocycles. The molecule has 0 fully saturated rings. The first-order valence-corrected chi connectivity index (χ1v) is 16.0. The minimum Gasteiger partial charge on any atom is -0.345 e. The van der Waals surface area contributed by atoms with Gasteiger partial charge < -0.3 is 5.32 Å². The highest BCUT2D eigenvalue weighted by atomic mass is 32.2. The Kier molecular flexibility index (Phi) is 8.99. The third kappa shape index (κ3) is 6.72. The molecule has 0 aliphatic carbocycles. The number of rotatable bonds is 10. The number of nitro groups is 1. The van der Waals surface area contributed by atoms with E-state index >= 15 is 0 Å². The summed E-state index contributed by atoms with van der Waals surface area (Å²) < 4.78 is 15.4. The molecule has 0 saturated carbocycles. The number of hydrogen-bond acceptors (Lipinski definition) is 9. The third-order valence-corrected chi connectivity index (χ3v) is 9.12. The molecule has 1 atom stereocenters. The van der Waals surface area contributed by atoms with Gasteiger partial charge in [0.2, 0.25) is 0 Å². The van der Waals surface area contributed by atoms with Gasteiger partial charge in [-0.3, -0.25) is 24.3 Å². The van der Waals surface area contributed by atoms with Gasteiger partial charge in [0.05, 0.1) is 33.9 Å². The van der Waals surface area contributed by atoms with E-state index in [1.165, 1.54) is 41.4 Å². The topological polar surface area (TPSA) is 136 Å². The van der Waals surface area contributed by atoms with Gasteiger partial charge >= 0.3 is 0 Å². The van der Waals surface area contributed by atoms with E-state index < -0.39 is 16.6 Å². The Morgan fingerprint density at radius 1 is 1.04 bits per heavy atom. The highest BCUT2D eigenvalue weighted by Crippen LogP contribution is 2.35. The van der Waals surface area contributed by atoms with Crippen molar-refractivity contribution in [1.29, 1.82) is 0 Å². The van der Waals surface area contributed by atoms with Crippen LogP contribution in [0.15, 0.2) is 101 Å². The number of carbonyl (C=O) groups is 2. The highest BCUT2D eigenvalue weighted by molar-refractivity contribution is 7.99. The molecule has 6 rings (SSSR count). The van der Waals surface area contributed by atoms with Gasteiger partial charge in [-0.05, 0) is 60.3 Å². The lowest BCUT2D eigenvalue weighted by Crippen LogP contribution is -2.28. The molecule has 5 aromatic rings. The van der Waals surface area contributed by atoms with Crippen molar-refractivity contribution in [2.45, 2.75) is 31.1 Å². The van der Waals surface area contributed by atoms with Gasteiger partial charge in [-0.15, -0.1) is 21.5 Å². The summed E-state index contributed by atoms with van der Waals surface area (Å²) in [6.07, 6.45) is 0.588. The number of nitrogens with one attached hydrogen (secondary N) is 1. The molecule has 46 heavy (non-hydrogen) atoms. The molecule has 0 unspecified atom stereocenters. The van der Waals surface area contributed by atoms with E-state index in [1.54, 1.807) is 28.0 Å². The summed E-state index contributed by atoms with van der Waals surface area (Å²) in [4.78, 5) is 37.9. The number of carbonyl (C=O) groups excluding carboxylic acids is 2. The van der Waals surface area contributed by atoms with Crippen LogP contribution in [0.4, 0.5) is 10.1 Å². The lowest BCUT2D eigenvalue weighted by Gasteiger charge is -2.22. The number of nitro benzene ring substituents is 1. The summed E-state index contributed by atoms with van der Waals surface area (Å²) in [5.74, 6) is -0.774.